The van der Waals surface area contributed by atoms with Crippen molar-refractivity contribution in [2.45, 2.75) is 10.1 Å². The van der Waals surface area contributed by atoms with Gasteiger partial charge in [0.2, 0.25) is 5.91 Å². The van der Waals surface area contributed by atoms with Crippen molar-refractivity contribution in [2.75, 3.05) is 10.6 Å². The molecule has 0 spiro atoms. The molecule has 0 aliphatic carbocycles. The Labute approximate surface area is 309 Å². The van der Waals surface area contributed by atoms with Crippen LogP contribution in [0, 0.1) is 0 Å². The summed E-state index contributed by atoms with van der Waals surface area (Å²) in [5, 5.41) is 8.72. The Morgan fingerprint density at radius 1 is 0.635 bits per heavy atom. The summed E-state index contributed by atoms with van der Waals surface area (Å²) in [6.45, 7) is 0. The number of fused-ring (bicyclic) bond motifs is 1. The minimum absolute atomic E-state index is 0.0930. The third kappa shape index (κ3) is 8.53. The molecule has 1 aromatic heterocycles. The highest BCUT2D eigenvalue weighted by atomic mass is 32.2. The first-order valence-electron chi connectivity index (χ1n) is 16.5. The maximum absolute atomic E-state index is 13.7. The van der Waals surface area contributed by atoms with Crippen LogP contribution in [0.1, 0.15) is 26.7 Å². The quantitative estimate of drug-likeness (QED) is 0.0915. The minimum atomic E-state index is -0.551. The monoisotopic (exact) mass is 716 g/mol. The largest absolute Gasteiger partial charge is 0.321 e. The number of aromatic nitrogens is 1. The summed E-state index contributed by atoms with van der Waals surface area (Å²) in [5.41, 5.74) is 5.62. The number of hydrogen-bond donors (Lipinski definition) is 3. The van der Waals surface area contributed by atoms with Gasteiger partial charge in [-0.2, -0.15) is 0 Å². The van der Waals surface area contributed by atoms with E-state index in [0.29, 0.717) is 16.4 Å². The first-order valence-corrected chi connectivity index (χ1v) is 18.2. The Kier molecular flexibility index (Phi) is 10.6. The fourth-order valence-electron chi connectivity index (χ4n) is 5.46. The predicted octanol–water partition coefficient (Wildman–Crippen LogP) is 9.84. The third-order valence-electron chi connectivity index (χ3n) is 8.09. The number of nitrogens with one attached hydrogen (secondary N) is 3. The van der Waals surface area contributed by atoms with Gasteiger partial charge in [0.05, 0.1) is 10.2 Å². The molecule has 7 aromatic rings. The van der Waals surface area contributed by atoms with Crippen LogP contribution >= 0.6 is 23.1 Å². The van der Waals surface area contributed by atoms with E-state index in [2.05, 4.69) is 20.9 Å². The Morgan fingerprint density at radius 2 is 1.25 bits per heavy atom. The topological polar surface area (TPSA) is 100 Å². The summed E-state index contributed by atoms with van der Waals surface area (Å²) >= 11 is 2.83. The van der Waals surface area contributed by atoms with Crippen molar-refractivity contribution in [2.24, 2.45) is 0 Å². The van der Waals surface area contributed by atoms with Gasteiger partial charge in [0, 0.05) is 16.1 Å². The third-order valence-corrected chi connectivity index (χ3v) is 10.3. The van der Waals surface area contributed by atoms with Gasteiger partial charge in [-0.05, 0) is 76.9 Å². The number of benzene rings is 6. The lowest BCUT2D eigenvalue weighted by molar-refractivity contribution is -0.116. The van der Waals surface area contributed by atoms with Crippen LogP contribution in [-0.4, -0.2) is 22.7 Å². The van der Waals surface area contributed by atoms with E-state index in [1.807, 2.05) is 127 Å². The average molecular weight is 717 g/mol. The van der Waals surface area contributed by atoms with Gasteiger partial charge in [0.1, 0.15) is 10.9 Å². The Balaban J connectivity index is 1.08. The van der Waals surface area contributed by atoms with E-state index in [-0.39, 0.29) is 11.6 Å². The van der Waals surface area contributed by atoms with Crippen molar-refractivity contribution < 1.29 is 14.4 Å². The second-order valence-electron chi connectivity index (χ2n) is 11.7. The summed E-state index contributed by atoms with van der Waals surface area (Å²) in [5.74, 6) is -1.06. The van der Waals surface area contributed by atoms with E-state index in [1.54, 1.807) is 42.5 Å². The minimum Gasteiger partial charge on any atom is -0.321 e. The average Bonchev–Trinajstić information content (AvgIpc) is 3.61. The van der Waals surface area contributed by atoms with Gasteiger partial charge in [-0.3, -0.25) is 14.4 Å². The molecule has 1 heterocycles. The fourth-order valence-corrected chi connectivity index (χ4v) is 7.35. The normalized spacial score (nSPS) is 11.8. The lowest BCUT2D eigenvalue weighted by Gasteiger charge is -2.17. The molecule has 1 atom stereocenters. The van der Waals surface area contributed by atoms with Gasteiger partial charge >= 0.3 is 0 Å². The maximum Gasteiger partial charge on any atom is 0.272 e. The first kappa shape index (κ1) is 34.2. The van der Waals surface area contributed by atoms with Gasteiger partial charge in [0.25, 0.3) is 11.8 Å². The molecule has 9 heteroatoms. The molecule has 0 saturated heterocycles. The number of nitrogens with zero attached hydrogens (tertiary/aromatic N) is 1. The van der Waals surface area contributed by atoms with Gasteiger partial charge in [0.15, 0.2) is 5.13 Å². The van der Waals surface area contributed by atoms with E-state index < -0.39 is 17.1 Å². The highest BCUT2D eigenvalue weighted by Crippen LogP contribution is 2.37. The number of hydrogen-bond acceptors (Lipinski definition) is 6. The smallest absolute Gasteiger partial charge is 0.272 e. The Hall–Kier alpha value is -6.29. The summed E-state index contributed by atoms with van der Waals surface area (Å²) < 4.78 is 0.998. The number of thioether (sulfide) groups is 1. The zero-order valence-corrected chi connectivity index (χ0v) is 29.4. The number of anilines is 2. The molecule has 52 heavy (non-hydrogen) atoms. The lowest BCUT2D eigenvalue weighted by Crippen LogP contribution is -2.30. The zero-order chi connectivity index (χ0) is 35.7. The van der Waals surface area contributed by atoms with Crippen LogP contribution in [0.25, 0.3) is 27.4 Å². The molecule has 0 aliphatic heterocycles. The summed E-state index contributed by atoms with van der Waals surface area (Å²) in [4.78, 5) is 45.9. The molecule has 3 amide bonds. The number of carbonyl (C=O) groups is 3. The van der Waals surface area contributed by atoms with Crippen molar-refractivity contribution in [1.29, 1.82) is 0 Å². The molecule has 0 bridgehead atoms. The molecular weight excluding hydrogens is 685 g/mol. The van der Waals surface area contributed by atoms with Crippen LogP contribution < -0.4 is 16.0 Å². The lowest BCUT2D eigenvalue weighted by atomic mass is 10.0. The van der Waals surface area contributed by atoms with Crippen molar-refractivity contribution >= 4 is 67.9 Å². The zero-order valence-electron chi connectivity index (χ0n) is 27.7. The molecule has 7 rings (SSSR count). The number of rotatable bonds is 11. The van der Waals surface area contributed by atoms with Crippen molar-refractivity contribution in [3.8, 4) is 11.1 Å². The standard InChI is InChI=1S/C43H32N4O3S2/c48-40(33-16-8-3-9-17-33)45-37(28-29-20-22-31(23-21-29)30-12-4-1-5-13-30)41(49)44-34-24-26-35(27-25-34)51-39(32-14-6-2-7-15-32)42(50)47-43-46-36-18-10-11-19-38(36)52-43/h1-28,39H,(H,44,49)(H,45,48)(H,46,47,50)/b37-28-. The molecule has 1 unspecified atom stereocenters. The number of amides is 3. The Bertz CT molecular complexity index is 2310. The first-order chi connectivity index (χ1) is 25.5. The molecule has 0 radical (unpaired) electrons. The van der Waals surface area contributed by atoms with Crippen molar-refractivity contribution in [1.82, 2.24) is 10.3 Å². The van der Waals surface area contributed by atoms with Crippen LogP contribution in [0.3, 0.4) is 0 Å². The second-order valence-corrected chi connectivity index (χ2v) is 13.9. The van der Waals surface area contributed by atoms with Gasteiger partial charge < -0.3 is 16.0 Å². The molecule has 6 aromatic carbocycles. The number of para-hydroxylation sites is 1. The SMILES string of the molecule is O=C(Nc1ccc(SC(C(=O)Nc2nc3ccccc3s2)c2ccccc2)cc1)/C(=C/c1ccc(-c2ccccc2)cc1)NC(=O)c1ccccc1. The van der Waals surface area contributed by atoms with Crippen LogP contribution in [-0.2, 0) is 9.59 Å². The van der Waals surface area contributed by atoms with Gasteiger partial charge in [-0.25, -0.2) is 4.98 Å². The Morgan fingerprint density at radius 3 is 1.94 bits per heavy atom. The van der Waals surface area contributed by atoms with Crippen LogP contribution in [0.5, 0.6) is 0 Å². The van der Waals surface area contributed by atoms with Gasteiger partial charge in [-0.1, -0.05) is 127 Å². The molecule has 3 N–H and O–H groups in total. The molecule has 0 fully saturated rings. The molecule has 7 nitrogen and oxygen atoms in total. The van der Waals surface area contributed by atoms with Gasteiger partial charge in [-0.15, -0.1) is 11.8 Å². The summed E-state index contributed by atoms with van der Waals surface area (Å²) in [6, 6.07) is 51.2. The predicted molar refractivity (Wildman–Crippen MR) is 212 cm³/mol. The van der Waals surface area contributed by atoms with Crippen LogP contribution in [0.2, 0.25) is 0 Å². The fraction of sp³-hybridized carbons (Fsp3) is 0.0233. The number of carbonyl (C=O) groups excluding carboxylic acids is 3. The molecule has 0 aliphatic rings. The van der Waals surface area contributed by atoms with E-state index in [9.17, 15) is 14.4 Å². The number of thiazole rings is 1. The van der Waals surface area contributed by atoms with E-state index >= 15 is 0 Å². The molecule has 254 valence electrons. The van der Waals surface area contributed by atoms with Crippen LogP contribution in [0.15, 0.2) is 174 Å². The van der Waals surface area contributed by atoms with Crippen molar-refractivity contribution in [3.05, 3.63) is 186 Å². The molecular formula is C43H32N4O3S2. The summed E-state index contributed by atoms with van der Waals surface area (Å²) in [7, 11) is 0. The molecule has 0 saturated carbocycles. The van der Waals surface area contributed by atoms with E-state index in [4.69, 9.17) is 0 Å². The highest BCUT2D eigenvalue weighted by molar-refractivity contribution is 8.00. The van der Waals surface area contributed by atoms with E-state index in [0.717, 1.165) is 37.4 Å². The summed E-state index contributed by atoms with van der Waals surface area (Å²) in [6.07, 6.45) is 1.66. The highest BCUT2D eigenvalue weighted by Gasteiger charge is 2.23. The van der Waals surface area contributed by atoms with Crippen LogP contribution in [0.4, 0.5) is 10.8 Å². The van der Waals surface area contributed by atoms with Crippen molar-refractivity contribution in [3.63, 3.8) is 0 Å². The second kappa shape index (κ2) is 16.2. The maximum atomic E-state index is 13.7. The van der Waals surface area contributed by atoms with E-state index in [1.165, 1.54) is 23.1 Å².